The largest absolute Gasteiger partial charge is 0.310 e. The van der Waals surface area contributed by atoms with Gasteiger partial charge in [-0.25, -0.2) is 23.4 Å². The topological polar surface area (TPSA) is 80.9 Å². The number of rotatable bonds is 3. The van der Waals surface area contributed by atoms with Crippen LogP contribution in [0.15, 0.2) is 35.5 Å². The van der Waals surface area contributed by atoms with Crippen LogP contribution in [0.2, 0.25) is 5.02 Å². The number of H-pyrrole nitrogens is 1. The number of nitrogens with zero attached hydrogens (tertiary/aromatic N) is 5. The fourth-order valence-electron chi connectivity index (χ4n) is 5.00. The molecule has 0 radical (unpaired) electrons. The highest BCUT2D eigenvalue weighted by molar-refractivity contribution is 6.30. The molecule has 2 saturated carbocycles. The van der Waals surface area contributed by atoms with Crippen molar-refractivity contribution in [3.63, 3.8) is 0 Å². The number of aromatic amines is 1. The maximum absolute atomic E-state index is 13.6. The molecule has 0 unspecified atom stereocenters. The fraction of sp³-hybridized carbons (Fsp3) is 0.455. The van der Waals surface area contributed by atoms with Crippen LogP contribution in [0.5, 0.6) is 0 Å². The molecular formula is C22H21ClF2N6O. The molecule has 4 aromatic rings. The Morgan fingerprint density at radius 2 is 1.91 bits per heavy atom. The highest BCUT2D eigenvalue weighted by Gasteiger charge is 2.39. The van der Waals surface area contributed by atoms with Crippen LogP contribution in [-0.2, 0) is 0 Å². The molecule has 0 amide bonds. The summed E-state index contributed by atoms with van der Waals surface area (Å²) in [7, 11) is 0. The summed E-state index contributed by atoms with van der Waals surface area (Å²) >= 11 is 6.08. The molecule has 2 atom stereocenters. The van der Waals surface area contributed by atoms with Crippen molar-refractivity contribution in [3.8, 4) is 0 Å². The molecule has 32 heavy (non-hydrogen) atoms. The molecule has 1 N–H and O–H groups in total. The normalized spacial score (nSPS) is 23.6. The zero-order valence-corrected chi connectivity index (χ0v) is 17.9. The van der Waals surface area contributed by atoms with Gasteiger partial charge in [0.1, 0.15) is 16.9 Å². The van der Waals surface area contributed by atoms with Crippen LogP contribution in [0, 0.1) is 0 Å². The molecule has 166 valence electrons. The summed E-state index contributed by atoms with van der Waals surface area (Å²) in [6.45, 7) is 0. The number of imidazole rings is 1. The van der Waals surface area contributed by atoms with Crippen molar-refractivity contribution < 1.29 is 8.78 Å². The molecular weight excluding hydrogens is 438 g/mol. The van der Waals surface area contributed by atoms with Gasteiger partial charge in [0, 0.05) is 42.1 Å². The second-order valence-electron chi connectivity index (χ2n) is 8.93. The smallest absolute Gasteiger partial charge is 0.262 e. The van der Waals surface area contributed by atoms with Gasteiger partial charge in [0.15, 0.2) is 5.65 Å². The van der Waals surface area contributed by atoms with E-state index in [-0.39, 0.29) is 36.3 Å². The van der Waals surface area contributed by atoms with E-state index in [1.807, 2.05) is 28.9 Å². The van der Waals surface area contributed by atoms with E-state index in [0.717, 1.165) is 24.2 Å². The van der Waals surface area contributed by atoms with Crippen molar-refractivity contribution in [1.29, 1.82) is 0 Å². The minimum Gasteiger partial charge on any atom is -0.310 e. The van der Waals surface area contributed by atoms with Gasteiger partial charge in [-0.1, -0.05) is 11.6 Å². The van der Waals surface area contributed by atoms with E-state index in [2.05, 4.69) is 10.1 Å². The Morgan fingerprint density at radius 1 is 1.12 bits per heavy atom. The number of nitrogens with one attached hydrogen (secondary N) is 1. The Balaban J connectivity index is 1.34. The van der Waals surface area contributed by atoms with Gasteiger partial charge in [-0.05, 0) is 37.8 Å². The molecule has 2 aliphatic rings. The zero-order chi connectivity index (χ0) is 22.0. The monoisotopic (exact) mass is 458 g/mol. The first-order valence-electron chi connectivity index (χ1n) is 10.9. The van der Waals surface area contributed by atoms with Crippen LogP contribution < -0.4 is 5.56 Å². The summed E-state index contributed by atoms with van der Waals surface area (Å²) in [6.07, 6.45) is 7.49. The van der Waals surface area contributed by atoms with E-state index in [1.165, 1.54) is 6.20 Å². The van der Waals surface area contributed by atoms with Crippen LogP contribution in [0.25, 0.3) is 16.7 Å². The lowest BCUT2D eigenvalue weighted by Gasteiger charge is -2.34. The maximum atomic E-state index is 13.6. The molecule has 4 aromatic heterocycles. The summed E-state index contributed by atoms with van der Waals surface area (Å²) in [5.41, 5.74) is 1.95. The Labute approximate surface area is 186 Å². The van der Waals surface area contributed by atoms with E-state index < -0.39 is 5.92 Å². The summed E-state index contributed by atoms with van der Waals surface area (Å²) in [6, 6.07) is 3.46. The molecule has 0 bridgehead atoms. The van der Waals surface area contributed by atoms with Gasteiger partial charge in [0.2, 0.25) is 5.92 Å². The van der Waals surface area contributed by atoms with Crippen LogP contribution >= 0.6 is 11.6 Å². The molecule has 6 rings (SSSR count). The fourth-order valence-corrected chi connectivity index (χ4v) is 5.16. The van der Waals surface area contributed by atoms with Gasteiger partial charge in [-0.15, -0.1) is 0 Å². The number of alkyl halides is 2. The lowest BCUT2D eigenvalue weighted by Crippen LogP contribution is -2.28. The van der Waals surface area contributed by atoms with E-state index in [0.29, 0.717) is 34.7 Å². The Kier molecular flexibility index (Phi) is 4.40. The maximum Gasteiger partial charge on any atom is 0.262 e. The molecule has 0 aliphatic heterocycles. The minimum absolute atomic E-state index is 0.0338. The summed E-state index contributed by atoms with van der Waals surface area (Å²) in [4.78, 5) is 25.2. The van der Waals surface area contributed by atoms with Gasteiger partial charge in [-0.3, -0.25) is 4.79 Å². The standard InChI is InChI=1S/C22H21ClF2N6O/c23-12-5-8-30-11-17(27-18(30)9-12)14-1-2-15(14)19-28-20-16(21(32)29-19)10-26-31(20)13-3-6-22(24,25)7-4-13/h5,8-11,13-15H,1-4,6-7H2,(H,28,29,32)/t14-,15-/m1/s1. The predicted octanol–water partition coefficient (Wildman–Crippen LogP) is 4.83. The van der Waals surface area contributed by atoms with Crippen molar-refractivity contribution in [2.45, 2.75) is 62.3 Å². The second-order valence-corrected chi connectivity index (χ2v) is 9.37. The third-order valence-corrected chi connectivity index (χ3v) is 7.20. The van der Waals surface area contributed by atoms with Crippen molar-refractivity contribution in [2.24, 2.45) is 0 Å². The number of fused-ring (bicyclic) bond motifs is 2. The van der Waals surface area contributed by atoms with E-state index in [4.69, 9.17) is 21.6 Å². The molecule has 10 heteroatoms. The van der Waals surface area contributed by atoms with Crippen molar-refractivity contribution in [3.05, 3.63) is 57.6 Å². The predicted molar refractivity (Wildman–Crippen MR) is 116 cm³/mol. The Bertz CT molecular complexity index is 1380. The third-order valence-electron chi connectivity index (χ3n) is 6.96. The van der Waals surface area contributed by atoms with E-state index in [1.54, 1.807) is 4.68 Å². The Morgan fingerprint density at radius 3 is 2.66 bits per heavy atom. The van der Waals surface area contributed by atoms with Gasteiger partial charge in [0.05, 0.1) is 17.9 Å². The molecule has 0 aromatic carbocycles. The number of hydrogen-bond donors (Lipinski definition) is 1. The summed E-state index contributed by atoms with van der Waals surface area (Å²) < 4.78 is 30.8. The minimum atomic E-state index is -2.62. The third kappa shape index (κ3) is 3.21. The van der Waals surface area contributed by atoms with Gasteiger partial charge < -0.3 is 9.38 Å². The average molecular weight is 459 g/mol. The van der Waals surface area contributed by atoms with Crippen LogP contribution in [-0.4, -0.2) is 35.1 Å². The highest BCUT2D eigenvalue weighted by Crippen LogP contribution is 2.47. The van der Waals surface area contributed by atoms with Crippen LogP contribution in [0.4, 0.5) is 8.78 Å². The zero-order valence-electron chi connectivity index (χ0n) is 17.1. The van der Waals surface area contributed by atoms with E-state index in [9.17, 15) is 13.6 Å². The van der Waals surface area contributed by atoms with Gasteiger partial charge in [0.25, 0.3) is 5.56 Å². The Hall–Kier alpha value is -2.81. The molecule has 2 aliphatic carbocycles. The van der Waals surface area contributed by atoms with Crippen LogP contribution in [0.1, 0.15) is 67.9 Å². The number of pyridine rings is 1. The average Bonchev–Trinajstić information content (AvgIpc) is 3.31. The number of hydrogen-bond acceptors (Lipinski definition) is 4. The molecule has 7 nitrogen and oxygen atoms in total. The first-order valence-corrected chi connectivity index (χ1v) is 11.3. The lowest BCUT2D eigenvalue weighted by molar-refractivity contribution is -0.0446. The molecule has 0 spiro atoms. The number of halogens is 3. The van der Waals surface area contributed by atoms with Crippen molar-refractivity contribution in [1.82, 2.24) is 29.1 Å². The summed E-state index contributed by atoms with van der Waals surface area (Å²) in [5, 5.41) is 5.37. The van der Waals surface area contributed by atoms with Crippen molar-refractivity contribution >= 4 is 28.3 Å². The number of aromatic nitrogens is 6. The molecule has 2 fully saturated rings. The van der Waals surface area contributed by atoms with Crippen LogP contribution in [0.3, 0.4) is 0 Å². The van der Waals surface area contributed by atoms with Gasteiger partial charge in [-0.2, -0.15) is 5.10 Å². The molecule has 0 saturated heterocycles. The van der Waals surface area contributed by atoms with Crippen molar-refractivity contribution in [2.75, 3.05) is 0 Å². The first-order chi connectivity index (χ1) is 15.4. The quantitative estimate of drug-likeness (QED) is 0.476. The SMILES string of the molecule is O=c1[nH]c([C@@H]2CC[C@H]2c2cn3ccc(Cl)cc3n2)nc2c1cnn2C1CCC(F)(F)CC1. The highest BCUT2D eigenvalue weighted by atomic mass is 35.5. The molecule has 4 heterocycles. The summed E-state index contributed by atoms with van der Waals surface area (Å²) in [5.74, 6) is -1.84. The second kappa shape index (κ2) is 7.10. The lowest BCUT2D eigenvalue weighted by atomic mass is 9.71. The van der Waals surface area contributed by atoms with Gasteiger partial charge >= 0.3 is 0 Å². The first kappa shape index (κ1) is 19.8. The van der Waals surface area contributed by atoms with E-state index >= 15 is 0 Å².